The number of methoxy groups -OCH3 is 2. The van der Waals surface area contributed by atoms with E-state index in [0.717, 1.165) is 5.69 Å². The number of rotatable bonds is 11. The van der Waals surface area contributed by atoms with Crippen LogP contribution in [0.3, 0.4) is 0 Å². The second-order valence-electron chi connectivity index (χ2n) is 8.45. The fraction of sp³-hybridized carbons (Fsp3) is 0.320. The van der Waals surface area contributed by atoms with Crippen LogP contribution in [0.25, 0.3) is 10.9 Å². The first-order chi connectivity index (χ1) is 17.4. The lowest BCUT2D eigenvalue weighted by atomic mass is 9.90. The Morgan fingerprint density at radius 3 is 2.47 bits per heavy atom. The quantitative estimate of drug-likeness (QED) is 0.259. The molecule has 0 spiro atoms. The molecule has 0 radical (unpaired) electrons. The minimum atomic E-state index is -1.33. The number of hydrogen-bond acceptors (Lipinski definition) is 9. The van der Waals surface area contributed by atoms with E-state index < -0.39 is 18.8 Å². The summed E-state index contributed by atoms with van der Waals surface area (Å²) in [5.74, 6) is 2.30. The van der Waals surface area contributed by atoms with Crippen LogP contribution in [0.4, 0.5) is 20.4 Å². The molecule has 2 N–H and O–H groups in total. The van der Waals surface area contributed by atoms with Crippen molar-refractivity contribution >= 4 is 22.5 Å². The molecule has 0 aliphatic heterocycles. The summed E-state index contributed by atoms with van der Waals surface area (Å²) in [5.41, 5.74) is 0.283. The summed E-state index contributed by atoms with van der Waals surface area (Å²) in [4.78, 5) is 8.57. The summed E-state index contributed by atoms with van der Waals surface area (Å²) < 4.78 is 48.5. The fourth-order valence-electron chi connectivity index (χ4n) is 3.50. The molecule has 2 heterocycles. The number of fused-ring (bicyclic) bond motifs is 1. The van der Waals surface area contributed by atoms with E-state index in [4.69, 9.17) is 18.7 Å². The molecule has 0 aliphatic carbocycles. The smallest absolute Gasteiger partial charge is 0.230 e. The maximum atomic E-state index is 13.3. The van der Waals surface area contributed by atoms with Gasteiger partial charge in [-0.25, -0.2) is 18.7 Å². The number of benzene rings is 2. The monoisotopic (exact) mass is 499 g/mol. The number of anilines is 2. The number of alkyl halides is 2. The van der Waals surface area contributed by atoms with Crippen LogP contribution in [-0.4, -0.2) is 48.9 Å². The van der Waals surface area contributed by atoms with Gasteiger partial charge in [0.25, 0.3) is 0 Å². The third-order valence-corrected chi connectivity index (χ3v) is 5.61. The Hall–Kier alpha value is -4.15. The third-order valence-electron chi connectivity index (χ3n) is 5.61. The van der Waals surface area contributed by atoms with Crippen molar-refractivity contribution in [1.82, 2.24) is 15.1 Å². The van der Waals surface area contributed by atoms with Crippen LogP contribution in [0, 0.1) is 0 Å². The predicted octanol–water partition coefficient (Wildman–Crippen LogP) is 5.49. The van der Waals surface area contributed by atoms with E-state index in [0.29, 0.717) is 39.9 Å². The molecule has 0 amide bonds. The van der Waals surface area contributed by atoms with Gasteiger partial charge in [-0.3, -0.25) is 0 Å². The fourth-order valence-corrected chi connectivity index (χ4v) is 3.50. The largest absolute Gasteiger partial charge is 0.493 e. The van der Waals surface area contributed by atoms with Crippen molar-refractivity contribution in [3.05, 3.63) is 54.5 Å². The van der Waals surface area contributed by atoms with Crippen molar-refractivity contribution in [2.45, 2.75) is 25.4 Å². The van der Waals surface area contributed by atoms with Gasteiger partial charge in [0.15, 0.2) is 11.5 Å². The Bertz CT molecular complexity index is 1330. The first-order valence-electron chi connectivity index (χ1n) is 11.2. The van der Waals surface area contributed by atoms with Gasteiger partial charge in [0, 0.05) is 23.9 Å². The first-order valence-corrected chi connectivity index (χ1v) is 11.2. The van der Waals surface area contributed by atoms with Crippen LogP contribution >= 0.6 is 0 Å². The van der Waals surface area contributed by atoms with E-state index in [1.54, 1.807) is 32.4 Å². The number of nitrogens with zero attached hydrogens (tertiary/aromatic N) is 3. The number of ether oxygens (including phenoxy) is 3. The molecule has 9 nitrogen and oxygen atoms in total. The number of halogens is 2. The lowest BCUT2D eigenvalue weighted by Crippen LogP contribution is -2.27. The van der Waals surface area contributed by atoms with Crippen LogP contribution in [-0.2, 0) is 5.41 Å². The lowest BCUT2D eigenvalue weighted by Gasteiger charge is -2.18. The third kappa shape index (κ3) is 5.24. The number of aromatic nitrogens is 3. The molecule has 1 unspecified atom stereocenters. The second-order valence-corrected chi connectivity index (χ2v) is 8.45. The molecule has 1 atom stereocenters. The van der Waals surface area contributed by atoms with Gasteiger partial charge in [0.2, 0.25) is 11.8 Å². The Morgan fingerprint density at radius 1 is 1.00 bits per heavy atom. The average Bonchev–Trinajstić information content (AvgIpc) is 3.36. The van der Waals surface area contributed by atoms with Gasteiger partial charge >= 0.3 is 0 Å². The maximum absolute atomic E-state index is 13.3. The summed E-state index contributed by atoms with van der Waals surface area (Å²) in [6.07, 6.45) is 1.11. The van der Waals surface area contributed by atoms with E-state index in [2.05, 4.69) is 25.8 Å². The topological polar surface area (TPSA) is 104 Å². The molecular weight excluding hydrogens is 472 g/mol. The molecular formula is C25H27F2N5O4. The molecule has 190 valence electrons. The second kappa shape index (κ2) is 10.6. The number of nitrogens with one attached hydrogen (secondary N) is 2. The van der Waals surface area contributed by atoms with Crippen LogP contribution < -0.4 is 24.8 Å². The Kier molecular flexibility index (Phi) is 7.37. The molecule has 2 aromatic heterocycles. The highest BCUT2D eigenvalue weighted by Crippen LogP contribution is 2.36. The number of hydrogen-bond donors (Lipinski definition) is 2. The molecule has 36 heavy (non-hydrogen) atoms. The highest BCUT2D eigenvalue weighted by Gasteiger charge is 2.31. The Balaban J connectivity index is 1.48. The SMILES string of the molecule is COc1cc2ncnc(Oc3cccc(NC(C)Nc4cc(C(C)(CF)CF)no4)c3)c2cc1OC. The normalized spacial score (nSPS) is 12.3. The summed E-state index contributed by atoms with van der Waals surface area (Å²) in [6, 6.07) is 12.3. The first kappa shape index (κ1) is 25.0. The maximum Gasteiger partial charge on any atom is 0.230 e. The molecule has 4 aromatic rings. The molecule has 0 bridgehead atoms. The van der Waals surface area contributed by atoms with Gasteiger partial charge in [-0.15, -0.1) is 0 Å². The molecule has 2 aromatic carbocycles. The van der Waals surface area contributed by atoms with Gasteiger partial charge in [-0.1, -0.05) is 11.2 Å². The summed E-state index contributed by atoms with van der Waals surface area (Å²) in [7, 11) is 3.11. The summed E-state index contributed by atoms with van der Waals surface area (Å²) in [5, 5.41) is 10.8. The van der Waals surface area contributed by atoms with Crippen molar-refractivity contribution in [1.29, 1.82) is 0 Å². The van der Waals surface area contributed by atoms with Crippen LogP contribution in [0.15, 0.2) is 53.3 Å². The van der Waals surface area contributed by atoms with Gasteiger partial charge in [-0.05, 0) is 32.0 Å². The molecule has 0 fully saturated rings. The molecule has 0 saturated heterocycles. The van der Waals surface area contributed by atoms with Crippen molar-refractivity contribution in [3.63, 3.8) is 0 Å². The van der Waals surface area contributed by atoms with Crippen molar-refractivity contribution in [3.8, 4) is 23.1 Å². The van der Waals surface area contributed by atoms with E-state index in [1.165, 1.54) is 19.3 Å². The van der Waals surface area contributed by atoms with Crippen LogP contribution in [0.1, 0.15) is 19.5 Å². The van der Waals surface area contributed by atoms with Crippen molar-refractivity contribution in [2.24, 2.45) is 0 Å². The minimum absolute atomic E-state index is 0.212. The minimum Gasteiger partial charge on any atom is -0.493 e. The van der Waals surface area contributed by atoms with Gasteiger partial charge < -0.3 is 29.4 Å². The zero-order valence-electron chi connectivity index (χ0n) is 20.3. The van der Waals surface area contributed by atoms with E-state index in [9.17, 15) is 8.78 Å². The highest BCUT2D eigenvalue weighted by molar-refractivity contribution is 5.87. The zero-order valence-corrected chi connectivity index (χ0v) is 20.3. The average molecular weight is 500 g/mol. The van der Waals surface area contributed by atoms with Crippen LogP contribution in [0.5, 0.6) is 23.1 Å². The molecule has 11 heteroatoms. The molecule has 0 saturated carbocycles. The van der Waals surface area contributed by atoms with Gasteiger partial charge in [0.05, 0.1) is 42.4 Å². The van der Waals surface area contributed by atoms with Crippen LogP contribution in [0.2, 0.25) is 0 Å². The van der Waals surface area contributed by atoms with E-state index in [1.807, 2.05) is 25.1 Å². The molecule has 0 aliphatic rings. The highest BCUT2D eigenvalue weighted by atomic mass is 19.1. The van der Waals surface area contributed by atoms with Crippen molar-refractivity contribution < 1.29 is 27.5 Å². The summed E-state index contributed by atoms with van der Waals surface area (Å²) in [6.45, 7) is 1.56. The van der Waals surface area contributed by atoms with Crippen molar-refractivity contribution in [2.75, 3.05) is 38.2 Å². The molecule has 4 rings (SSSR count). The lowest BCUT2D eigenvalue weighted by molar-refractivity contribution is 0.244. The predicted molar refractivity (Wildman–Crippen MR) is 132 cm³/mol. The Morgan fingerprint density at radius 2 is 1.75 bits per heavy atom. The van der Waals surface area contributed by atoms with Gasteiger partial charge in [0.1, 0.15) is 25.4 Å². The van der Waals surface area contributed by atoms with E-state index in [-0.39, 0.29) is 11.9 Å². The zero-order chi connectivity index (χ0) is 25.7. The van der Waals surface area contributed by atoms with E-state index >= 15 is 0 Å². The summed E-state index contributed by atoms with van der Waals surface area (Å²) >= 11 is 0. The standard InChI is InChI=1S/C25H27F2N5O4/c1-15(31-23-11-22(32-36-23)25(2,12-26)13-27)30-16-6-5-7-17(8-16)35-24-18-9-20(33-3)21(34-4)10-19(18)28-14-29-24/h5-11,14-15,30-31H,12-13H2,1-4H3. The Labute approximate surface area is 206 Å². The van der Waals surface area contributed by atoms with Gasteiger partial charge in [-0.2, -0.15) is 0 Å².